The summed E-state index contributed by atoms with van der Waals surface area (Å²) in [5.74, 6) is -2.90. The van der Waals surface area contributed by atoms with E-state index in [1.165, 1.54) is 12.1 Å². The molecule has 0 aromatic heterocycles. The normalized spacial score (nSPS) is 21.2. The second kappa shape index (κ2) is 6.43. The first-order chi connectivity index (χ1) is 11.1. The smallest absolute Gasteiger partial charge is 0.307 e. The molecular weight excluding hydrogens is 332 g/mol. The zero-order valence-electron chi connectivity index (χ0n) is 14.0. The lowest BCUT2D eigenvalue weighted by Crippen LogP contribution is -2.30. The number of benzene rings is 1. The van der Waals surface area contributed by atoms with Gasteiger partial charge in [0, 0.05) is 11.7 Å². The molecule has 7 heteroatoms. The number of aliphatic carboxylic acids is 1. The average molecular weight is 353 g/mol. The molecule has 1 aliphatic rings. The van der Waals surface area contributed by atoms with E-state index in [0.717, 1.165) is 0 Å². The Kier molecular flexibility index (Phi) is 4.90. The number of carboxylic acids is 1. The number of carboxylic acid groups (broad SMARTS) is 1. The van der Waals surface area contributed by atoms with Crippen LogP contribution in [-0.2, 0) is 9.59 Å². The summed E-state index contributed by atoms with van der Waals surface area (Å²) < 4.78 is 0. The standard InChI is InChI=1S/C17H21ClN2O4/c1-8(2)19-14(21)10-6-5-9(7-11(10)18)20-15(22)12-13(16(23)24)17(12,3)4/h5-8,12-13H,1-4H3,(H,19,21)(H,20,22)(H,23,24)/t12-,13-/m0/s1. The SMILES string of the molecule is CC(C)NC(=O)c1ccc(NC(=O)[C@@H]2[C@@H](C(=O)O)C2(C)C)cc1Cl. The lowest BCUT2D eigenvalue weighted by molar-refractivity contribution is -0.140. The number of anilines is 1. The van der Waals surface area contributed by atoms with Crippen LogP contribution in [0.3, 0.4) is 0 Å². The fraction of sp³-hybridized carbons (Fsp3) is 0.471. The van der Waals surface area contributed by atoms with Crippen molar-refractivity contribution in [1.29, 1.82) is 0 Å². The van der Waals surface area contributed by atoms with Gasteiger partial charge < -0.3 is 15.7 Å². The molecule has 1 aromatic carbocycles. The number of hydrogen-bond donors (Lipinski definition) is 3. The predicted octanol–water partition coefficient (Wildman–Crippen LogP) is 2.77. The molecule has 0 aliphatic heterocycles. The van der Waals surface area contributed by atoms with Gasteiger partial charge in [-0.25, -0.2) is 0 Å². The van der Waals surface area contributed by atoms with Crippen molar-refractivity contribution in [3.05, 3.63) is 28.8 Å². The fourth-order valence-corrected chi connectivity index (χ4v) is 3.19. The Morgan fingerprint density at radius 3 is 2.29 bits per heavy atom. The van der Waals surface area contributed by atoms with E-state index in [0.29, 0.717) is 11.3 Å². The molecule has 0 heterocycles. The Hall–Kier alpha value is -2.08. The van der Waals surface area contributed by atoms with Crippen molar-refractivity contribution in [2.45, 2.75) is 33.7 Å². The minimum atomic E-state index is -0.973. The van der Waals surface area contributed by atoms with Crippen LogP contribution < -0.4 is 10.6 Å². The van der Waals surface area contributed by atoms with Crippen LogP contribution in [0.1, 0.15) is 38.1 Å². The van der Waals surface area contributed by atoms with Crippen molar-refractivity contribution in [3.8, 4) is 0 Å². The molecule has 2 rings (SSSR count). The zero-order valence-corrected chi connectivity index (χ0v) is 14.8. The summed E-state index contributed by atoms with van der Waals surface area (Å²) in [6.07, 6.45) is 0. The third-order valence-corrected chi connectivity index (χ3v) is 4.59. The van der Waals surface area contributed by atoms with E-state index in [2.05, 4.69) is 10.6 Å². The van der Waals surface area contributed by atoms with Gasteiger partial charge >= 0.3 is 5.97 Å². The maximum absolute atomic E-state index is 12.3. The summed E-state index contributed by atoms with van der Waals surface area (Å²) in [6.45, 7) is 7.19. The Balaban J connectivity index is 2.09. The number of carbonyl (C=O) groups is 3. The summed E-state index contributed by atoms with van der Waals surface area (Å²) in [5, 5.41) is 14.8. The number of halogens is 1. The van der Waals surface area contributed by atoms with Gasteiger partial charge in [0.2, 0.25) is 5.91 Å². The highest BCUT2D eigenvalue weighted by molar-refractivity contribution is 6.34. The summed E-state index contributed by atoms with van der Waals surface area (Å²) in [5.41, 5.74) is 0.174. The van der Waals surface area contributed by atoms with Crippen molar-refractivity contribution >= 4 is 35.1 Å². The number of amides is 2. The second-order valence-electron chi connectivity index (χ2n) is 6.93. The molecule has 3 N–H and O–H groups in total. The molecule has 1 aliphatic carbocycles. The van der Waals surface area contributed by atoms with Gasteiger partial charge in [0.25, 0.3) is 5.91 Å². The molecule has 6 nitrogen and oxygen atoms in total. The van der Waals surface area contributed by atoms with Crippen molar-refractivity contribution in [2.24, 2.45) is 17.3 Å². The van der Waals surface area contributed by atoms with E-state index >= 15 is 0 Å². The molecular formula is C17H21ClN2O4. The molecule has 0 radical (unpaired) electrons. The highest BCUT2D eigenvalue weighted by Crippen LogP contribution is 2.58. The molecule has 24 heavy (non-hydrogen) atoms. The largest absolute Gasteiger partial charge is 0.481 e. The maximum atomic E-state index is 12.3. The van der Waals surface area contributed by atoms with Crippen LogP contribution >= 0.6 is 11.6 Å². The number of rotatable bonds is 5. The van der Waals surface area contributed by atoms with Crippen LogP contribution in [0.5, 0.6) is 0 Å². The molecule has 2 atom stereocenters. The first kappa shape index (κ1) is 18.3. The van der Waals surface area contributed by atoms with Gasteiger partial charge in [0.15, 0.2) is 0 Å². The van der Waals surface area contributed by atoms with Crippen molar-refractivity contribution < 1.29 is 19.5 Å². The fourth-order valence-electron chi connectivity index (χ4n) is 2.92. The molecule has 0 saturated heterocycles. The van der Waals surface area contributed by atoms with E-state index in [-0.39, 0.29) is 22.9 Å². The Labute approximate surface area is 145 Å². The number of hydrogen-bond acceptors (Lipinski definition) is 3. The highest BCUT2D eigenvalue weighted by atomic mass is 35.5. The summed E-state index contributed by atoms with van der Waals surface area (Å²) in [4.78, 5) is 35.4. The maximum Gasteiger partial charge on any atom is 0.307 e. The van der Waals surface area contributed by atoms with Crippen LogP contribution in [0.2, 0.25) is 5.02 Å². The Morgan fingerprint density at radius 1 is 1.21 bits per heavy atom. The third-order valence-electron chi connectivity index (χ3n) is 4.28. The quantitative estimate of drug-likeness (QED) is 0.759. The van der Waals surface area contributed by atoms with Crippen LogP contribution in [0.25, 0.3) is 0 Å². The first-order valence-electron chi connectivity index (χ1n) is 7.69. The molecule has 1 fully saturated rings. The lowest BCUT2D eigenvalue weighted by Gasteiger charge is -2.11. The van der Waals surface area contributed by atoms with Gasteiger partial charge in [0.1, 0.15) is 0 Å². The van der Waals surface area contributed by atoms with Gasteiger partial charge in [-0.3, -0.25) is 14.4 Å². The van der Waals surface area contributed by atoms with Crippen LogP contribution in [0, 0.1) is 17.3 Å². The molecule has 2 amide bonds. The van der Waals surface area contributed by atoms with Gasteiger partial charge in [-0.2, -0.15) is 0 Å². The van der Waals surface area contributed by atoms with E-state index in [1.807, 2.05) is 13.8 Å². The highest BCUT2D eigenvalue weighted by Gasteiger charge is 2.65. The minimum Gasteiger partial charge on any atom is -0.481 e. The van der Waals surface area contributed by atoms with Crippen LogP contribution in [-0.4, -0.2) is 28.9 Å². The monoisotopic (exact) mass is 352 g/mol. The second-order valence-corrected chi connectivity index (χ2v) is 7.33. The van der Waals surface area contributed by atoms with Crippen molar-refractivity contribution in [1.82, 2.24) is 5.32 Å². The number of carbonyl (C=O) groups excluding carboxylic acids is 2. The van der Waals surface area contributed by atoms with E-state index in [9.17, 15) is 14.4 Å². The van der Waals surface area contributed by atoms with Gasteiger partial charge in [0.05, 0.1) is 22.4 Å². The topological polar surface area (TPSA) is 95.5 Å². The first-order valence-corrected chi connectivity index (χ1v) is 8.07. The number of nitrogens with one attached hydrogen (secondary N) is 2. The average Bonchev–Trinajstić information content (AvgIpc) is 3.01. The van der Waals surface area contributed by atoms with Gasteiger partial charge in [-0.15, -0.1) is 0 Å². The third kappa shape index (κ3) is 3.53. The van der Waals surface area contributed by atoms with Gasteiger partial charge in [-0.05, 0) is 37.5 Å². The Bertz CT molecular complexity index is 700. The molecule has 0 unspecified atom stereocenters. The minimum absolute atomic E-state index is 0.0157. The van der Waals surface area contributed by atoms with Crippen molar-refractivity contribution in [2.75, 3.05) is 5.32 Å². The van der Waals surface area contributed by atoms with E-state index in [1.54, 1.807) is 19.9 Å². The predicted molar refractivity (Wildman–Crippen MR) is 91.1 cm³/mol. The van der Waals surface area contributed by atoms with E-state index < -0.39 is 23.2 Å². The molecule has 130 valence electrons. The summed E-state index contributed by atoms with van der Waals surface area (Å²) in [7, 11) is 0. The van der Waals surface area contributed by atoms with Crippen LogP contribution in [0.4, 0.5) is 5.69 Å². The van der Waals surface area contributed by atoms with Crippen LogP contribution in [0.15, 0.2) is 18.2 Å². The zero-order chi connectivity index (χ0) is 18.2. The van der Waals surface area contributed by atoms with Crippen molar-refractivity contribution in [3.63, 3.8) is 0 Å². The van der Waals surface area contributed by atoms with E-state index in [4.69, 9.17) is 16.7 Å². The molecule has 0 bridgehead atoms. The lowest BCUT2D eigenvalue weighted by atomic mass is 10.1. The molecule has 1 saturated carbocycles. The molecule has 0 spiro atoms. The van der Waals surface area contributed by atoms with Gasteiger partial charge in [-0.1, -0.05) is 25.4 Å². The summed E-state index contributed by atoms with van der Waals surface area (Å²) >= 11 is 6.12. The Morgan fingerprint density at radius 2 is 1.83 bits per heavy atom. The summed E-state index contributed by atoms with van der Waals surface area (Å²) in [6, 6.07) is 4.57. The molecule has 1 aromatic rings.